The van der Waals surface area contributed by atoms with E-state index in [0.717, 1.165) is 42.7 Å². The molecule has 0 spiro atoms. The van der Waals surface area contributed by atoms with Gasteiger partial charge in [-0.25, -0.2) is 0 Å². The molecule has 1 saturated heterocycles. The number of nitrogens with zero attached hydrogens (tertiary/aromatic N) is 4. The van der Waals surface area contributed by atoms with Gasteiger partial charge in [-0.1, -0.05) is 23.4 Å². The molecule has 0 aliphatic carbocycles. The zero-order valence-corrected chi connectivity index (χ0v) is 14.8. The standard InChI is InChI=1S/C18H23N5O2/c1-22(2)11-13-12-6-4-5-7-15(12)24-16(13)18-20-17(21-25-18)14-10-19-8-9-23(14)3/h4-7,14,19H,8-11H2,1-3H3. The predicted octanol–water partition coefficient (Wildman–Crippen LogP) is 2.12. The minimum atomic E-state index is 0.118. The monoisotopic (exact) mass is 341 g/mol. The van der Waals surface area contributed by atoms with Gasteiger partial charge in [0.1, 0.15) is 5.58 Å². The van der Waals surface area contributed by atoms with Crippen LogP contribution < -0.4 is 5.32 Å². The van der Waals surface area contributed by atoms with E-state index in [4.69, 9.17) is 8.94 Å². The van der Waals surface area contributed by atoms with Gasteiger partial charge in [0.15, 0.2) is 11.6 Å². The first-order valence-electron chi connectivity index (χ1n) is 8.53. The van der Waals surface area contributed by atoms with Crippen LogP contribution in [-0.2, 0) is 6.54 Å². The number of aromatic nitrogens is 2. The highest BCUT2D eigenvalue weighted by Gasteiger charge is 2.27. The summed E-state index contributed by atoms with van der Waals surface area (Å²) in [5.74, 6) is 1.81. The Balaban J connectivity index is 1.74. The number of likely N-dealkylation sites (N-methyl/N-ethyl adjacent to an activating group) is 1. The molecule has 1 fully saturated rings. The third-order valence-electron chi connectivity index (χ3n) is 4.62. The van der Waals surface area contributed by atoms with Crippen molar-refractivity contribution in [2.75, 3.05) is 40.8 Å². The van der Waals surface area contributed by atoms with E-state index in [2.05, 4.69) is 38.4 Å². The van der Waals surface area contributed by atoms with Gasteiger partial charge in [0, 0.05) is 37.1 Å². The Bertz CT molecular complexity index is 869. The van der Waals surface area contributed by atoms with Crippen LogP contribution in [0.2, 0.25) is 0 Å². The zero-order valence-electron chi connectivity index (χ0n) is 14.8. The Labute approximate surface area is 146 Å². The molecule has 3 heterocycles. The van der Waals surface area contributed by atoms with Crippen molar-refractivity contribution >= 4 is 11.0 Å². The average molecular weight is 341 g/mol. The Morgan fingerprint density at radius 1 is 1.32 bits per heavy atom. The molecule has 7 heteroatoms. The van der Waals surface area contributed by atoms with Crippen molar-refractivity contribution in [1.29, 1.82) is 0 Å². The van der Waals surface area contributed by atoms with E-state index in [0.29, 0.717) is 17.5 Å². The van der Waals surface area contributed by atoms with E-state index < -0.39 is 0 Å². The molecule has 1 aliphatic heterocycles. The van der Waals surface area contributed by atoms with Crippen LogP contribution >= 0.6 is 0 Å². The SMILES string of the molecule is CN(C)Cc1c(-c2nc(C3CNCCN3C)no2)oc2ccccc12. The highest BCUT2D eigenvalue weighted by molar-refractivity contribution is 5.86. The lowest BCUT2D eigenvalue weighted by Gasteiger charge is -2.30. The van der Waals surface area contributed by atoms with Gasteiger partial charge in [0.05, 0.1) is 6.04 Å². The minimum absolute atomic E-state index is 0.118. The fourth-order valence-electron chi connectivity index (χ4n) is 3.30. The highest BCUT2D eigenvalue weighted by Crippen LogP contribution is 2.34. The van der Waals surface area contributed by atoms with Gasteiger partial charge in [-0.15, -0.1) is 0 Å². The molecule has 2 aromatic heterocycles. The summed E-state index contributed by atoms with van der Waals surface area (Å²) in [5, 5.41) is 8.68. The normalized spacial score (nSPS) is 19.1. The first-order valence-corrected chi connectivity index (χ1v) is 8.53. The first kappa shape index (κ1) is 16.3. The third-order valence-corrected chi connectivity index (χ3v) is 4.62. The molecule has 4 rings (SSSR count). The molecule has 1 N–H and O–H groups in total. The van der Waals surface area contributed by atoms with Crippen molar-refractivity contribution in [1.82, 2.24) is 25.3 Å². The molecular weight excluding hydrogens is 318 g/mol. The van der Waals surface area contributed by atoms with Crippen LogP contribution in [0, 0.1) is 0 Å². The second-order valence-electron chi connectivity index (χ2n) is 6.80. The quantitative estimate of drug-likeness (QED) is 0.779. The summed E-state index contributed by atoms with van der Waals surface area (Å²) >= 11 is 0. The van der Waals surface area contributed by atoms with Gasteiger partial charge in [0.2, 0.25) is 0 Å². The van der Waals surface area contributed by atoms with Gasteiger partial charge in [0.25, 0.3) is 5.89 Å². The molecule has 1 unspecified atom stereocenters. The molecule has 132 valence electrons. The van der Waals surface area contributed by atoms with Crippen LogP contribution in [0.1, 0.15) is 17.4 Å². The van der Waals surface area contributed by atoms with E-state index in [9.17, 15) is 0 Å². The average Bonchev–Trinajstić information content (AvgIpc) is 3.20. The summed E-state index contributed by atoms with van der Waals surface area (Å²) in [6.07, 6.45) is 0. The van der Waals surface area contributed by atoms with Crippen LogP contribution in [0.15, 0.2) is 33.2 Å². The van der Waals surface area contributed by atoms with E-state index in [1.165, 1.54) is 0 Å². The predicted molar refractivity (Wildman–Crippen MR) is 95.1 cm³/mol. The maximum Gasteiger partial charge on any atom is 0.294 e. The molecule has 1 atom stereocenters. The second kappa shape index (κ2) is 6.59. The van der Waals surface area contributed by atoms with Gasteiger partial charge in [-0.3, -0.25) is 4.90 Å². The lowest BCUT2D eigenvalue weighted by Crippen LogP contribution is -2.44. The number of piperazine rings is 1. The Kier molecular flexibility index (Phi) is 4.29. The summed E-state index contributed by atoms with van der Waals surface area (Å²) in [6, 6.07) is 8.14. The van der Waals surface area contributed by atoms with Crippen molar-refractivity contribution < 1.29 is 8.94 Å². The summed E-state index contributed by atoms with van der Waals surface area (Å²) in [7, 11) is 6.15. The van der Waals surface area contributed by atoms with Crippen molar-refractivity contribution in [3.63, 3.8) is 0 Å². The van der Waals surface area contributed by atoms with E-state index in [1.54, 1.807) is 0 Å². The van der Waals surface area contributed by atoms with Gasteiger partial charge in [-0.2, -0.15) is 4.98 Å². The zero-order chi connectivity index (χ0) is 17.4. The van der Waals surface area contributed by atoms with Crippen LogP contribution in [0.3, 0.4) is 0 Å². The van der Waals surface area contributed by atoms with Gasteiger partial charge < -0.3 is 19.2 Å². The molecular formula is C18H23N5O2. The number of nitrogens with one attached hydrogen (secondary N) is 1. The summed E-state index contributed by atoms with van der Waals surface area (Å²) in [4.78, 5) is 8.99. The van der Waals surface area contributed by atoms with Crippen LogP contribution in [-0.4, -0.2) is 60.7 Å². The summed E-state index contributed by atoms with van der Waals surface area (Å²) in [6.45, 7) is 3.51. The number of hydrogen-bond donors (Lipinski definition) is 1. The number of hydrogen-bond acceptors (Lipinski definition) is 7. The molecule has 0 amide bonds. The molecule has 25 heavy (non-hydrogen) atoms. The maximum atomic E-state index is 6.06. The number of para-hydroxylation sites is 1. The number of furan rings is 1. The lowest BCUT2D eigenvalue weighted by atomic mass is 10.1. The molecule has 1 aromatic carbocycles. The number of fused-ring (bicyclic) bond motifs is 1. The third kappa shape index (κ3) is 3.06. The number of rotatable bonds is 4. The number of benzene rings is 1. The maximum absolute atomic E-state index is 6.06. The lowest BCUT2D eigenvalue weighted by molar-refractivity contribution is 0.190. The van der Waals surface area contributed by atoms with Crippen molar-refractivity contribution in [3.05, 3.63) is 35.7 Å². The molecule has 0 radical (unpaired) electrons. The van der Waals surface area contributed by atoms with E-state index >= 15 is 0 Å². The van der Waals surface area contributed by atoms with E-state index in [-0.39, 0.29) is 6.04 Å². The summed E-state index contributed by atoms with van der Waals surface area (Å²) < 4.78 is 11.6. The first-order chi connectivity index (χ1) is 12.1. The fourth-order valence-corrected chi connectivity index (χ4v) is 3.30. The molecule has 3 aromatic rings. The van der Waals surface area contributed by atoms with Crippen LogP contribution in [0.4, 0.5) is 0 Å². The Morgan fingerprint density at radius 3 is 2.96 bits per heavy atom. The van der Waals surface area contributed by atoms with Crippen LogP contribution in [0.5, 0.6) is 0 Å². The topological polar surface area (TPSA) is 70.6 Å². The van der Waals surface area contributed by atoms with Crippen molar-refractivity contribution in [2.24, 2.45) is 0 Å². The highest BCUT2D eigenvalue weighted by atomic mass is 16.5. The smallest absolute Gasteiger partial charge is 0.294 e. The molecule has 7 nitrogen and oxygen atoms in total. The minimum Gasteiger partial charge on any atom is -0.451 e. The molecule has 0 saturated carbocycles. The molecule has 1 aliphatic rings. The van der Waals surface area contributed by atoms with Crippen molar-refractivity contribution in [2.45, 2.75) is 12.6 Å². The summed E-state index contributed by atoms with van der Waals surface area (Å²) in [5.41, 5.74) is 1.91. The second-order valence-corrected chi connectivity index (χ2v) is 6.80. The molecule has 0 bridgehead atoms. The fraction of sp³-hybridized carbons (Fsp3) is 0.444. The Morgan fingerprint density at radius 2 is 2.16 bits per heavy atom. The van der Waals surface area contributed by atoms with Crippen molar-refractivity contribution in [3.8, 4) is 11.7 Å². The van der Waals surface area contributed by atoms with Gasteiger partial charge >= 0.3 is 0 Å². The largest absolute Gasteiger partial charge is 0.451 e. The van der Waals surface area contributed by atoms with E-state index in [1.807, 2.05) is 32.3 Å². The van der Waals surface area contributed by atoms with Gasteiger partial charge in [-0.05, 0) is 27.2 Å². The Hall–Kier alpha value is -2.22. The van der Waals surface area contributed by atoms with Crippen LogP contribution in [0.25, 0.3) is 22.6 Å².